The summed E-state index contributed by atoms with van der Waals surface area (Å²) in [6, 6.07) is 3.96. The van der Waals surface area contributed by atoms with Crippen LogP contribution >= 0.6 is 0 Å². The van der Waals surface area contributed by atoms with Crippen molar-refractivity contribution in [2.24, 2.45) is 5.73 Å². The molecular formula is C10H15N3O. The van der Waals surface area contributed by atoms with Gasteiger partial charge in [0, 0.05) is 25.3 Å². The van der Waals surface area contributed by atoms with Crippen LogP contribution in [0.5, 0.6) is 0 Å². The molecule has 0 unspecified atom stereocenters. The van der Waals surface area contributed by atoms with Crippen molar-refractivity contribution in [1.82, 2.24) is 4.98 Å². The van der Waals surface area contributed by atoms with Crippen LogP contribution in [0.2, 0.25) is 0 Å². The van der Waals surface area contributed by atoms with Crippen molar-refractivity contribution in [1.29, 1.82) is 0 Å². The highest BCUT2D eigenvalue weighted by atomic mass is 16.3. The summed E-state index contributed by atoms with van der Waals surface area (Å²) in [7, 11) is 0. The number of hydrogen-bond acceptors (Lipinski definition) is 4. The van der Waals surface area contributed by atoms with Gasteiger partial charge in [-0.05, 0) is 18.6 Å². The number of pyridine rings is 1. The van der Waals surface area contributed by atoms with Gasteiger partial charge in [-0.1, -0.05) is 6.07 Å². The van der Waals surface area contributed by atoms with Gasteiger partial charge in [0.15, 0.2) is 0 Å². The van der Waals surface area contributed by atoms with Gasteiger partial charge < -0.3 is 15.7 Å². The Bertz CT molecular complexity index is 304. The molecule has 1 atom stereocenters. The Hall–Kier alpha value is -1.13. The maximum Gasteiger partial charge on any atom is 0.128 e. The zero-order chi connectivity index (χ0) is 10.1. The van der Waals surface area contributed by atoms with Crippen molar-refractivity contribution < 1.29 is 5.11 Å². The summed E-state index contributed by atoms with van der Waals surface area (Å²) < 4.78 is 0. The lowest BCUT2D eigenvalue weighted by atomic mass is 10.1. The average Bonchev–Trinajstić information content (AvgIpc) is 2.13. The number of nitrogens with zero attached hydrogens (tertiary/aromatic N) is 2. The molecule has 1 saturated heterocycles. The summed E-state index contributed by atoms with van der Waals surface area (Å²) in [4.78, 5) is 6.33. The summed E-state index contributed by atoms with van der Waals surface area (Å²) in [6.45, 7) is 3.30. The molecule has 4 nitrogen and oxygen atoms in total. The minimum atomic E-state index is -0.190. The van der Waals surface area contributed by atoms with Gasteiger partial charge in [0.1, 0.15) is 5.82 Å². The topological polar surface area (TPSA) is 62.4 Å². The lowest BCUT2D eigenvalue weighted by molar-refractivity contribution is 0.141. The quantitative estimate of drug-likeness (QED) is 0.708. The van der Waals surface area contributed by atoms with E-state index in [1.165, 1.54) is 0 Å². The molecule has 0 aliphatic carbocycles. The largest absolute Gasteiger partial charge is 0.389 e. The van der Waals surface area contributed by atoms with E-state index in [-0.39, 0.29) is 12.1 Å². The van der Waals surface area contributed by atoms with Gasteiger partial charge in [-0.25, -0.2) is 4.98 Å². The van der Waals surface area contributed by atoms with Gasteiger partial charge in [0.2, 0.25) is 0 Å². The molecule has 1 aliphatic rings. The predicted molar refractivity (Wildman–Crippen MR) is 55.1 cm³/mol. The Labute approximate surface area is 83.4 Å². The van der Waals surface area contributed by atoms with Gasteiger partial charge in [0.25, 0.3) is 0 Å². The first-order valence-corrected chi connectivity index (χ1v) is 4.81. The Balaban J connectivity index is 2.07. The Kier molecular flexibility index (Phi) is 2.39. The second-order valence-corrected chi connectivity index (χ2v) is 3.80. The van der Waals surface area contributed by atoms with Crippen molar-refractivity contribution in [2.45, 2.75) is 19.1 Å². The van der Waals surface area contributed by atoms with E-state index in [2.05, 4.69) is 4.98 Å². The highest BCUT2D eigenvalue weighted by Crippen LogP contribution is 2.19. The number of nitrogens with two attached hydrogens (primary N) is 1. The molecule has 2 heterocycles. The first-order chi connectivity index (χ1) is 6.66. The van der Waals surface area contributed by atoms with Crippen molar-refractivity contribution in [2.75, 3.05) is 18.0 Å². The molecular weight excluding hydrogens is 178 g/mol. The van der Waals surface area contributed by atoms with Crippen LogP contribution in [0.3, 0.4) is 0 Å². The Morgan fingerprint density at radius 1 is 1.57 bits per heavy atom. The van der Waals surface area contributed by atoms with Crippen LogP contribution < -0.4 is 10.6 Å². The summed E-state index contributed by atoms with van der Waals surface area (Å²) in [5.41, 5.74) is 6.75. The Morgan fingerprint density at radius 3 is 2.71 bits per heavy atom. The van der Waals surface area contributed by atoms with Gasteiger partial charge in [-0.15, -0.1) is 0 Å². The van der Waals surface area contributed by atoms with Gasteiger partial charge >= 0.3 is 0 Å². The van der Waals surface area contributed by atoms with Gasteiger partial charge in [-0.3, -0.25) is 0 Å². The summed E-state index contributed by atoms with van der Waals surface area (Å²) in [6.07, 6.45) is 1.61. The smallest absolute Gasteiger partial charge is 0.128 e. The van der Waals surface area contributed by atoms with Crippen molar-refractivity contribution in [3.05, 3.63) is 23.9 Å². The highest BCUT2D eigenvalue weighted by Gasteiger charge is 2.25. The molecule has 4 heteroatoms. The number of aliphatic hydroxyl groups is 1. The summed E-state index contributed by atoms with van der Waals surface area (Å²) >= 11 is 0. The first-order valence-electron chi connectivity index (χ1n) is 4.81. The SMILES string of the molecule is C[C@@H](N)c1ccc(N2CC(O)C2)nc1. The van der Waals surface area contributed by atoms with Gasteiger partial charge in [0.05, 0.1) is 6.10 Å². The van der Waals surface area contributed by atoms with Crippen LogP contribution in [0.25, 0.3) is 0 Å². The number of rotatable bonds is 2. The van der Waals surface area contributed by atoms with E-state index in [1.54, 1.807) is 6.20 Å². The molecule has 2 rings (SSSR count). The molecule has 1 aromatic rings. The van der Waals surface area contributed by atoms with E-state index in [1.807, 2.05) is 24.0 Å². The van der Waals surface area contributed by atoms with E-state index in [4.69, 9.17) is 10.8 Å². The molecule has 0 saturated carbocycles. The maximum absolute atomic E-state index is 9.13. The number of hydrogen-bond donors (Lipinski definition) is 2. The fourth-order valence-corrected chi connectivity index (χ4v) is 1.50. The minimum Gasteiger partial charge on any atom is -0.389 e. The van der Waals surface area contributed by atoms with Crippen molar-refractivity contribution >= 4 is 5.82 Å². The van der Waals surface area contributed by atoms with Crippen LogP contribution in [0, 0.1) is 0 Å². The van der Waals surface area contributed by atoms with Crippen molar-refractivity contribution in [3.63, 3.8) is 0 Å². The van der Waals surface area contributed by atoms with Crippen LogP contribution in [-0.4, -0.2) is 29.3 Å². The molecule has 0 radical (unpaired) electrons. The van der Waals surface area contributed by atoms with E-state index < -0.39 is 0 Å². The summed E-state index contributed by atoms with van der Waals surface area (Å²) in [5.74, 6) is 0.916. The molecule has 1 aromatic heterocycles. The number of aromatic nitrogens is 1. The number of anilines is 1. The van der Waals surface area contributed by atoms with Gasteiger partial charge in [-0.2, -0.15) is 0 Å². The Morgan fingerprint density at radius 2 is 2.29 bits per heavy atom. The third-order valence-electron chi connectivity index (χ3n) is 2.48. The average molecular weight is 193 g/mol. The molecule has 0 aromatic carbocycles. The highest BCUT2D eigenvalue weighted by molar-refractivity contribution is 5.42. The molecule has 76 valence electrons. The normalized spacial score (nSPS) is 19.2. The maximum atomic E-state index is 9.13. The zero-order valence-electron chi connectivity index (χ0n) is 8.22. The molecule has 0 spiro atoms. The molecule has 0 amide bonds. The summed E-state index contributed by atoms with van der Waals surface area (Å²) in [5, 5.41) is 9.13. The third kappa shape index (κ3) is 1.71. The van der Waals surface area contributed by atoms with Crippen LogP contribution in [0.4, 0.5) is 5.82 Å². The van der Waals surface area contributed by atoms with E-state index in [0.29, 0.717) is 13.1 Å². The van der Waals surface area contributed by atoms with Crippen LogP contribution in [0.15, 0.2) is 18.3 Å². The fourth-order valence-electron chi connectivity index (χ4n) is 1.50. The molecule has 1 aliphatic heterocycles. The van der Waals surface area contributed by atoms with E-state index in [0.717, 1.165) is 11.4 Å². The fraction of sp³-hybridized carbons (Fsp3) is 0.500. The third-order valence-corrected chi connectivity index (χ3v) is 2.48. The first kappa shape index (κ1) is 9.43. The lowest BCUT2D eigenvalue weighted by Gasteiger charge is -2.36. The van der Waals surface area contributed by atoms with E-state index >= 15 is 0 Å². The molecule has 3 N–H and O–H groups in total. The zero-order valence-corrected chi connectivity index (χ0v) is 8.22. The monoisotopic (exact) mass is 193 g/mol. The van der Waals surface area contributed by atoms with Crippen LogP contribution in [0.1, 0.15) is 18.5 Å². The molecule has 1 fully saturated rings. The molecule has 0 bridgehead atoms. The minimum absolute atomic E-state index is 0.0264. The number of β-amino-alcohol motifs (C(OH)–C–C–N with tert-alkyl or cyclic N) is 1. The number of aliphatic hydroxyl groups excluding tert-OH is 1. The second kappa shape index (κ2) is 3.55. The predicted octanol–water partition coefficient (Wildman–Crippen LogP) is 0.282. The van der Waals surface area contributed by atoms with Crippen molar-refractivity contribution in [3.8, 4) is 0 Å². The molecule has 14 heavy (non-hydrogen) atoms. The lowest BCUT2D eigenvalue weighted by Crippen LogP contribution is -2.51. The standard InChI is InChI=1S/C10H15N3O/c1-7(11)8-2-3-10(12-4-8)13-5-9(14)6-13/h2-4,7,9,14H,5-6,11H2,1H3/t7-/m1/s1. The second-order valence-electron chi connectivity index (χ2n) is 3.80. The van der Waals surface area contributed by atoms with E-state index in [9.17, 15) is 0 Å². The van der Waals surface area contributed by atoms with Crippen LogP contribution in [-0.2, 0) is 0 Å².